The molecule has 2 aromatic heterocycles. The Labute approximate surface area is 84.8 Å². The molecule has 0 unspecified atom stereocenters. The summed E-state index contributed by atoms with van der Waals surface area (Å²) >= 11 is 5.61. The number of aromatic nitrogens is 2. The van der Waals surface area contributed by atoms with Gasteiger partial charge >= 0.3 is 0 Å². The maximum absolute atomic E-state index is 5.61. The maximum atomic E-state index is 5.61. The molecule has 2 heterocycles. The van der Waals surface area contributed by atoms with Crippen molar-refractivity contribution >= 4 is 11.6 Å². The fourth-order valence-electron chi connectivity index (χ4n) is 1.01. The van der Waals surface area contributed by atoms with Crippen LogP contribution in [-0.4, -0.2) is 16.7 Å². The Balaban J connectivity index is 2.24. The standard InChI is InChI=1S/C8H8ClN3O2/c9-6-2-1-5(13-6)8-11-7(3-4-10)14-12-8/h1-2H,3-4,10H2. The van der Waals surface area contributed by atoms with Gasteiger partial charge < -0.3 is 14.7 Å². The molecule has 0 aliphatic rings. The highest BCUT2D eigenvalue weighted by Gasteiger charge is 2.11. The maximum Gasteiger partial charge on any atom is 0.238 e. The van der Waals surface area contributed by atoms with E-state index in [2.05, 4.69) is 10.1 Å². The molecule has 2 rings (SSSR count). The van der Waals surface area contributed by atoms with E-state index in [1.54, 1.807) is 12.1 Å². The molecular formula is C8H8ClN3O2. The lowest BCUT2D eigenvalue weighted by Gasteiger charge is -1.84. The number of furan rings is 1. The summed E-state index contributed by atoms with van der Waals surface area (Å²) < 4.78 is 10.0. The van der Waals surface area contributed by atoms with Crippen LogP contribution in [-0.2, 0) is 6.42 Å². The quantitative estimate of drug-likeness (QED) is 0.836. The van der Waals surface area contributed by atoms with Gasteiger partial charge in [-0.05, 0) is 23.7 Å². The number of rotatable bonds is 3. The first kappa shape index (κ1) is 9.23. The van der Waals surface area contributed by atoms with Gasteiger partial charge in [0.1, 0.15) is 0 Å². The number of halogens is 1. The number of hydrogen-bond acceptors (Lipinski definition) is 5. The van der Waals surface area contributed by atoms with Crippen molar-refractivity contribution in [2.45, 2.75) is 6.42 Å². The summed E-state index contributed by atoms with van der Waals surface area (Å²) in [5, 5.41) is 4.02. The Morgan fingerprint density at radius 1 is 1.43 bits per heavy atom. The molecule has 0 radical (unpaired) electrons. The fourth-order valence-corrected chi connectivity index (χ4v) is 1.16. The zero-order valence-corrected chi connectivity index (χ0v) is 7.99. The second-order valence-corrected chi connectivity index (χ2v) is 3.03. The van der Waals surface area contributed by atoms with Crippen molar-refractivity contribution in [3.05, 3.63) is 23.2 Å². The summed E-state index contributed by atoms with van der Waals surface area (Å²) in [5.41, 5.74) is 5.34. The summed E-state index contributed by atoms with van der Waals surface area (Å²) in [5.74, 6) is 1.37. The van der Waals surface area contributed by atoms with Crippen LogP contribution in [0.25, 0.3) is 11.6 Å². The average Bonchev–Trinajstić information content (AvgIpc) is 2.74. The molecule has 0 aromatic carbocycles. The van der Waals surface area contributed by atoms with Gasteiger partial charge in [-0.3, -0.25) is 0 Å². The first-order valence-electron chi connectivity index (χ1n) is 4.08. The largest absolute Gasteiger partial charge is 0.441 e. The van der Waals surface area contributed by atoms with Gasteiger partial charge in [0.2, 0.25) is 11.7 Å². The van der Waals surface area contributed by atoms with Gasteiger partial charge in [0.05, 0.1) is 0 Å². The van der Waals surface area contributed by atoms with Crippen LogP contribution in [0.1, 0.15) is 5.89 Å². The van der Waals surface area contributed by atoms with Crippen molar-refractivity contribution in [3.8, 4) is 11.6 Å². The zero-order chi connectivity index (χ0) is 9.97. The molecular weight excluding hydrogens is 206 g/mol. The van der Waals surface area contributed by atoms with Crippen molar-refractivity contribution in [2.75, 3.05) is 6.54 Å². The first-order chi connectivity index (χ1) is 6.79. The molecule has 0 spiro atoms. The number of nitrogens with zero attached hydrogens (tertiary/aromatic N) is 2. The van der Waals surface area contributed by atoms with E-state index in [9.17, 15) is 0 Å². The van der Waals surface area contributed by atoms with E-state index in [-0.39, 0.29) is 0 Å². The van der Waals surface area contributed by atoms with E-state index in [1.807, 2.05) is 0 Å². The number of hydrogen-bond donors (Lipinski definition) is 1. The van der Waals surface area contributed by atoms with E-state index in [0.717, 1.165) is 0 Å². The molecule has 6 heteroatoms. The lowest BCUT2D eigenvalue weighted by Crippen LogP contribution is -2.02. The van der Waals surface area contributed by atoms with Gasteiger partial charge in [-0.1, -0.05) is 5.16 Å². The first-order valence-corrected chi connectivity index (χ1v) is 4.46. The van der Waals surface area contributed by atoms with Crippen LogP contribution < -0.4 is 5.73 Å². The highest BCUT2D eigenvalue weighted by Crippen LogP contribution is 2.21. The van der Waals surface area contributed by atoms with E-state index in [1.165, 1.54) is 0 Å². The molecule has 2 aromatic rings. The van der Waals surface area contributed by atoms with Crippen molar-refractivity contribution in [1.29, 1.82) is 0 Å². The van der Waals surface area contributed by atoms with Crippen molar-refractivity contribution in [2.24, 2.45) is 5.73 Å². The summed E-state index contributed by atoms with van der Waals surface area (Å²) in [6.45, 7) is 0.473. The third-order valence-electron chi connectivity index (χ3n) is 1.62. The summed E-state index contributed by atoms with van der Waals surface area (Å²) in [4.78, 5) is 4.07. The molecule has 0 aliphatic heterocycles. The van der Waals surface area contributed by atoms with E-state index >= 15 is 0 Å². The molecule has 0 atom stereocenters. The van der Waals surface area contributed by atoms with Crippen LogP contribution in [0.2, 0.25) is 5.22 Å². The third kappa shape index (κ3) is 1.78. The van der Waals surface area contributed by atoms with Crippen LogP contribution in [0, 0.1) is 0 Å². The minimum atomic E-state index is 0.296. The van der Waals surface area contributed by atoms with Gasteiger partial charge in [0.15, 0.2) is 11.0 Å². The molecule has 0 saturated heterocycles. The zero-order valence-electron chi connectivity index (χ0n) is 7.24. The Bertz CT molecular complexity index is 424. The van der Waals surface area contributed by atoms with Crippen molar-refractivity contribution < 1.29 is 8.94 Å². The molecule has 0 saturated carbocycles. The van der Waals surface area contributed by atoms with E-state index in [0.29, 0.717) is 35.7 Å². The number of nitrogens with two attached hydrogens (primary N) is 1. The second-order valence-electron chi connectivity index (χ2n) is 2.65. The lowest BCUT2D eigenvalue weighted by atomic mass is 10.4. The predicted octanol–water partition coefficient (Wildman–Crippen LogP) is 1.48. The highest BCUT2D eigenvalue weighted by molar-refractivity contribution is 6.28. The lowest BCUT2D eigenvalue weighted by molar-refractivity contribution is 0.379. The van der Waals surface area contributed by atoms with Crippen LogP contribution in [0.3, 0.4) is 0 Å². The molecule has 0 aliphatic carbocycles. The minimum absolute atomic E-state index is 0.296. The highest BCUT2D eigenvalue weighted by atomic mass is 35.5. The summed E-state index contributed by atoms with van der Waals surface area (Å²) in [6, 6.07) is 3.30. The monoisotopic (exact) mass is 213 g/mol. The Morgan fingerprint density at radius 2 is 2.29 bits per heavy atom. The van der Waals surface area contributed by atoms with Crippen LogP contribution in [0.5, 0.6) is 0 Å². The topological polar surface area (TPSA) is 78.1 Å². The van der Waals surface area contributed by atoms with Crippen LogP contribution in [0.15, 0.2) is 21.1 Å². The van der Waals surface area contributed by atoms with Crippen LogP contribution >= 0.6 is 11.6 Å². The van der Waals surface area contributed by atoms with E-state index in [4.69, 9.17) is 26.3 Å². The Kier molecular flexibility index (Phi) is 2.51. The molecule has 5 nitrogen and oxygen atoms in total. The molecule has 14 heavy (non-hydrogen) atoms. The minimum Gasteiger partial charge on any atom is -0.441 e. The van der Waals surface area contributed by atoms with Crippen molar-refractivity contribution in [3.63, 3.8) is 0 Å². The summed E-state index contributed by atoms with van der Waals surface area (Å²) in [7, 11) is 0. The van der Waals surface area contributed by atoms with Crippen LogP contribution in [0.4, 0.5) is 0 Å². The van der Waals surface area contributed by atoms with Gasteiger partial charge in [-0.2, -0.15) is 4.98 Å². The van der Waals surface area contributed by atoms with Gasteiger partial charge in [0.25, 0.3) is 0 Å². The molecule has 74 valence electrons. The summed E-state index contributed by atoms with van der Waals surface area (Å²) in [6.07, 6.45) is 0.557. The molecule has 0 bridgehead atoms. The predicted molar refractivity (Wildman–Crippen MR) is 49.8 cm³/mol. The Hall–Kier alpha value is -1.33. The molecule has 0 amide bonds. The average molecular weight is 214 g/mol. The van der Waals surface area contributed by atoms with Crippen molar-refractivity contribution in [1.82, 2.24) is 10.1 Å². The molecule has 2 N–H and O–H groups in total. The Morgan fingerprint density at radius 3 is 2.93 bits per heavy atom. The van der Waals surface area contributed by atoms with Gasteiger partial charge in [-0.15, -0.1) is 0 Å². The SMILES string of the molecule is NCCc1nc(-c2ccc(Cl)o2)no1. The molecule has 0 fully saturated rings. The van der Waals surface area contributed by atoms with E-state index < -0.39 is 0 Å². The smallest absolute Gasteiger partial charge is 0.238 e. The van der Waals surface area contributed by atoms with Gasteiger partial charge in [-0.25, -0.2) is 0 Å². The third-order valence-corrected chi connectivity index (χ3v) is 1.82. The second kappa shape index (κ2) is 3.81. The normalized spacial score (nSPS) is 10.7. The fraction of sp³-hybridized carbons (Fsp3) is 0.250. The van der Waals surface area contributed by atoms with Gasteiger partial charge in [0, 0.05) is 13.0 Å².